The van der Waals surface area contributed by atoms with E-state index >= 15 is 0 Å². The Morgan fingerprint density at radius 2 is 1.56 bits per heavy atom. The van der Waals surface area contributed by atoms with Crippen molar-refractivity contribution in [3.63, 3.8) is 0 Å². The topological polar surface area (TPSA) is 129 Å². The van der Waals surface area contributed by atoms with Crippen molar-refractivity contribution >= 4 is 11.9 Å². The second-order valence-corrected chi connectivity index (χ2v) is 6.92. The molecular formula is C21H20F6N4O5. The second-order valence-electron chi connectivity index (χ2n) is 6.92. The van der Waals surface area contributed by atoms with E-state index in [1.54, 1.807) is 12.4 Å². The maximum Gasteiger partial charge on any atom is 0.490 e. The summed E-state index contributed by atoms with van der Waals surface area (Å²) in [5.41, 5.74) is 2.96. The van der Waals surface area contributed by atoms with Gasteiger partial charge in [-0.25, -0.2) is 14.3 Å². The van der Waals surface area contributed by atoms with Gasteiger partial charge in [0.2, 0.25) is 0 Å². The number of halogens is 6. The Kier molecular flexibility index (Phi) is 10.9. The Balaban J connectivity index is 0.000000383. The lowest BCUT2D eigenvalue weighted by Crippen LogP contribution is -2.22. The Labute approximate surface area is 199 Å². The Morgan fingerprint density at radius 3 is 2.03 bits per heavy atom. The minimum absolute atomic E-state index is 0.0281. The molecule has 2 heterocycles. The third kappa shape index (κ3) is 10.9. The molecule has 0 fully saturated rings. The summed E-state index contributed by atoms with van der Waals surface area (Å²) in [7, 11) is 2.01. The van der Waals surface area contributed by atoms with Crippen LogP contribution in [0, 0.1) is 0 Å². The van der Waals surface area contributed by atoms with Crippen LogP contribution >= 0.6 is 0 Å². The number of nitrogens with one attached hydrogen (secondary N) is 1. The molecule has 0 aliphatic rings. The monoisotopic (exact) mass is 522 g/mol. The number of benzene rings is 1. The number of carbonyl (C=O) groups is 2. The number of hydrogen-bond donors (Lipinski definition) is 3. The van der Waals surface area contributed by atoms with Gasteiger partial charge in [0.1, 0.15) is 0 Å². The van der Waals surface area contributed by atoms with Crippen LogP contribution in [0.4, 0.5) is 26.3 Å². The molecule has 36 heavy (non-hydrogen) atoms. The number of rotatable bonds is 5. The number of nitrogens with zero attached hydrogens (tertiary/aromatic N) is 3. The lowest BCUT2D eigenvalue weighted by atomic mass is 10.2. The Morgan fingerprint density at radius 1 is 0.972 bits per heavy atom. The highest BCUT2D eigenvalue weighted by molar-refractivity contribution is 5.73. The van der Waals surface area contributed by atoms with Gasteiger partial charge in [-0.15, -0.1) is 0 Å². The van der Waals surface area contributed by atoms with Crippen LogP contribution in [-0.2, 0) is 22.7 Å². The van der Waals surface area contributed by atoms with E-state index in [9.17, 15) is 31.1 Å². The van der Waals surface area contributed by atoms with Crippen molar-refractivity contribution in [3.8, 4) is 5.69 Å². The first kappa shape index (κ1) is 29.9. The van der Waals surface area contributed by atoms with Crippen LogP contribution in [-0.4, -0.2) is 61.2 Å². The van der Waals surface area contributed by atoms with Gasteiger partial charge in [-0.2, -0.15) is 31.4 Å². The van der Waals surface area contributed by atoms with E-state index in [0.717, 1.165) is 17.8 Å². The number of alkyl halides is 6. The van der Waals surface area contributed by atoms with Crippen LogP contribution < -0.4 is 5.56 Å². The first-order valence-electron chi connectivity index (χ1n) is 9.65. The van der Waals surface area contributed by atoms with Crippen molar-refractivity contribution in [3.05, 3.63) is 82.5 Å². The third-order valence-corrected chi connectivity index (χ3v) is 3.96. The molecule has 9 nitrogen and oxygen atoms in total. The molecule has 15 heteroatoms. The highest BCUT2D eigenvalue weighted by Gasteiger charge is 2.38. The lowest BCUT2D eigenvalue weighted by molar-refractivity contribution is -0.193. The van der Waals surface area contributed by atoms with E-state index in [1.165, 1.54) is 5.56 Å². The predicted octanol–water partition coefficient (Wildman–Crippen LogP) is 3.46. The van der Waals surface area contributed by atoms with Crippen molar-refractivity contribution in [1.82, 2.24) is 19.7 Å². The molecule has 0 aliphatic carbocycles. The number of aromatic nitrogens is 3. The van der Waals surface area contributed by atoms with E-state index in [0.29, 0.717) is 6.54 Å². The Bertz CT molecular complexity index is 1150. The second kappa shape index (κ2) is 13.1. The Hall–Kier alpha value is -4.14. The lowest BCUT2D eigenvalue weighted by Gasteiger charge is -2.16. The van der Waals surface area contributed by atoms with Crippen LogP contribution in [0.3, 0.4) is 0 Å². The molecule has 0 amide bonds. The standard InChI is InChI=1S/C17H18N4O.2C2HF3O2/c1-20(13-15-6-3-8-18-17(15)22)12-14-5-2-7-16(11-14)21-10-4-9-19-21;2*3-2(4,5)1(6)7/h2-11H,12-13H2,1H3,(H,18,22);2*(H,6,7). The van der Waals surface area contributed by atoms with Crippen LogP contribution in [0.1, 0.15) is 11.1 Å². The van der Waals surface area contributed by atoms with Gasteiger partial charge in [-0.1, -0.05) is 18.2 Å². The summed E-state index contributed by atoms with van der Waals surface area (Å²) in [6.07, 6.45) is -4.83. The first-order valence-corrected chi connectivity index (χ1v) is 9.65. The zero-order chi connectivity index (χ0) is 27.5. The summed E-state index contributed by atoms with van der Waals surface area (Å²) in [4.78, 5) is 34.3. The molecule has 0 bridgehead atoms. The van der Waals surface area contributed by atoms with E-state index in [2.05, 4.69) is 27.1 Å². The SMILES string of the molecule is CN(Cc1cccc(-n2cccn2)c1)Cc1ccc[nH]c1=O.O=C(O)C(F)(F)F.O=C(O)C(F)(F)F. The van der Waals surface area contributed by atoms with Crippen molar-refractivity contribution in [1.29, 1.82) is 0 Å². The molecule has 1 aromatic carbocycles. The van der Waals surface area contributed by atoms with Gasteiger partial charge in [0.25, 0.3) is 5.56 Å². The number of carboxylic acid groups (broad SMARTS) is 2. The van der Waals surface area contributed by atoms with Crippen LogP contribution in [0.25, 0.3) is 5.69 Å². The van der Waals surface area contributed by atoms with Crippen molar-refractivity contribution < 1.29 is 46.1 Å². The van der Waals surface area contributed by atoms with Crippen LogP contribution in [0.15, 0.2) is 65.8 Å². The van der Waals surface area contributed by atoms with Gasteiger partial charge in [-0.3, -0.25) is 9.69 Å². The van der Waals surface area contributed by atoms with E-state index in [1.807, 2.05) is 48.3 Å². The summed E-state index contributed by atoms with van der Waals surface area (Å²) in [6, 6.07) is 13.9. The van der Waals surface area contributed by atoms with Gasteiger partial charge < -0.3 is 15.2 Å². The normalized spacial score (nSPS) is 11.1. The molecule has 0 aliphatic heterocycles. The van der Waals surface area contributed by atoms with E-state index < -0.39 is 24.3 Å². The first-order chi connectivity index (χ1) is 16.6. The quantitative estimate of drug-likeness (QED) is 0.438. The zero-order valence-electron chi connectivity index (χ0n) is 18.4. The molecular weight excluding hydrogens is 502 g/mol. The maximum atomic E-state index is 11.7. The van der Waals surface area contributed by atoms with Crippen LogP contribution in [0.2, 0.25) is 0 Å². The van der Waals surface area contributed by atoms with Crippen molar-refractivity contribution in [2.45, 2.75) is 25.4 Å². The van der Waals surface area contributed by atoms with Gasteiger partial charge in [0.05, 0.1) is 5.69 Å². The molecule has 0 spiro atoms. The molecule has 0 radical (unpaired) electrons. The average molecular weight is 522 g/mol. The summed E-state index contributed by atoms with van der Waals surface area (Å²) in [5.74, 6) is -5.51. The van der Waals surface area contributed by atoms with Gasteiger partial charge >= 0.3 is 24.3 Å². The number of aromatic amines is 1. The van der Waals surface area contributed by atoms with E-state index in [-0.39, 0.29) is 5.56 Å². The maximum absolute atomic E-state index is 11.7. The number of H-pyrrole nitrogens is 1. The molecule has 3 N–H and O–H groups in total. The molecule has 3 aromatic rings. The summed E-state index contributed by atoms with van der Waals surface area (Å²) >= 11 is 0. The molecule has 0 atom stereocenters. The van der Waals surface area contributed by atoms with Gasteiger partial charge in [-0.05, 0) is 36.9 Å². The van der Waals surface area contributed by atoms with Crippen LogP contribution in [0.5, 0.6) is 0 Å². The number of hydrogen-bond acceptors (Lipinski definition) is 5. The van der Waals surface area contributed by atoms with Gasteiger partial charge in [0, 0.05) is 37.2 Å². The predicted molar refractivity (Wildman–Crippen MR) is 113 cm³/mol. The minimum Gasteiger partial charge on any atom is -0.475 e. The van der Waals surface area contributed by atoms with Crippen molar-refractivity contribution in [2.75, 3.05) is 7.05 Å². The summed E-state index contributed by atoms with van der Waals surface area (Å²) in [6.45, 7) is 1.38. The highest BCUT2D eigenvalue weighted by atomic mass is 19.4. The summed E-state index contributed by atoms with van der Waals surface area (Å²) < 4.78 is 65.3. The zero-order valence-corrected chi connectivity index (χ0v) is 18.4. The largest absolute Gasteiger partial charge is 0.490 e. The molecule has 0 unspecified atom stereocenters. The average Bonchev–Trinajstić information content (AvgIpc) is 3.30. The highest BCUT2D eigenvalue weighted by Crippen LogP contribution is 2.14. The number of pyridine rings is 1. The molecule has 3 rings (SSSR count). The fourth-order valence-electron chi connectivity index (χ4n) is 2.46. The molecule has 2 aromatic heterocycles. The van der Waals surface area contributed by atoms with Gasteiger partial charge in [0.15, 0.2) is 0 Å². The molecule has 196 valence electrons. The third-order valence-electron chi connectivity index (χ3n) is 3.96. The smallest absolute Gasteiger partial charge is 0.475 e. The molecule has 0 saturated heterocycles. The van der Waals surface area contributed by atoms with Crippen molar-refractivity contribution in [2.24, 2.45) is 0 Å². The number of aliphatic carboxylic acids is 2. The molecule has 0 saturated carbocycles. The van der Waals surface area contributed by atoms with E-state index in [4.69, 9.17) is 19.8 Å². The fraction of sp³-hybridized carbons (Fsp3) is 0.238. The summed E-state index contributed by atoms with van der Waals surface area (Å²) in [5, 5.41) is 18.5. The fourth-order valence-corrected chi connectivity index (χ4v) is 2.46. The number of carboxylic acids is 2. The minimum atomic E-state index is -5.08.